The first-order chi connectivity index (χ1) is 9.49. The van der Waals surface area contributed by atoms with E-state index in [2.05, 4.69) is 48.5 Å². The fourth-order valence-electron chi connectivity index (χ4n) is 1.60. The van der Waals surface area contributed by atoms with Gasteiger partial charge in [0, 0.05) is 13.1 Å². The van der Waals surface area contributed by atoms with Gasteiger partial charge in [-0.3, -0.25) is 4.79 Å². The van der Waals surface area contributed by atoms with Crippen molar-refractivity contribution < 1.29 is 4.79 Å². The molecule has 5 heteroatoms. The summed E-state index contributed by atoms with van der Waals surface area (Å²) in [7, 11) is 0. The number of nitrogens with zero attached hydrogens (tertiary/aromatic N) is 2. The van der Waals surface area contributed by atoms with Crippen molar-refractivity contribution in [1.29, 1.82) is 0 Å². The highest BCUT2D eigenvalue weighted by atomic mass is 16.1. The molecule has 5 nitrogen and oxygen atoms in total. The zero-order valence-corrected chi connectivity index (χ0v) is 12.9. The van der Waals surface area contributed by atoms with Gasteiger partial charge in [-0.05, 0) is 36.8 Å². The van der Waals surface area contributed by atoms with Gasteiger partial charge in [0.1, 0.15) is 5.82 Å². The van der Waals surface area contributed by atoms with Crippen LogP contribution in [0.15, 0.2) is 12.1 Å². The maximum Gasteiger partial charge on any atom is 0.271 e. The first-order valence-corrected chi connectivity index (χ1v) is 7.35. The Morgan fingerprint density at radius 1 is 1.05 bits per heavy atom. The summed E-state index contributed by atoms with van der Waals surface area (Å²) >= 11 is 0. The lowest BCUT2D eigenvalue weighted by Gasteiger charge is -2.08. The van der Waals surface area contributed by atoms with E-state index in [-0.39, 0.29) is 5.91 Å². The van der Waals surface area contributed by atoms with Crippen molar-refractivity contribution in [1.82, 2.24) is 15.5 Å². The van der Waals surface area contributed by atoms with Crippen LogP contribution in [0.4, 0.5) is 5.82 Å². The van der Waals surface area contributed by atoms with Crippen molar-refractivity contribution >= 4 is 11.7 Å². The number of amides is 1. The summed E-state index contributed by atoms with van der Waals surface area (Å²) in [6, 6.07) is 3.50. The Bertz CT molecular complexity index is 401. The van der Waals surface area contributed by atoms with Crippen molar-refractivity contribution in [2.75, 3.05) is 18.4 Å². The Morgan fingerprint density at radius 3 is 2.25 bits per heavy atom. The number of nitrogens with one attached hydrogen (secondary N) is 2. The lowest BCUT2D eigenvalue weighted by molar-refractivity contribution is 0.0946. The molecule has 0 radical (unpaired) electrons. The molecule has 0 unspecified atom stereocenters. The predicted molar refractivity (Wildman–Crippen MR) is 81.8 cm³/mol. The van der Waals surface area contributed by atoms with Gasteiger partial charge in [0.15, 0.2) is 5.69 Å². The van der Waals surface area contributed by atoms with Crippen molar-refractivity contribution in [3.05, 3.63) is 17.8 Å². The predicted octanol–water partition coefficient (Wildman–Crippen LogP) is 2.71. The largest absolute Gasteiger partial charge is 0.369 e. The van der Waals surface area contributed by atoms with Crippen LogP contribution in [-0.4, -0.2) is 29.2 Å². The summed E-state index contributed by atoms with van der Waals surface area (Å²) in [6.07, 6.45) is 2.05. The van der Waals surface area contributed by atoms with E-state index in [0.717, 1.165) is 19.4 Å². The highest BCUT2D eigenvalue weighted by molar-refractivity contribution is 5.92. The number of carbonyl (C=O) groups excluding carboxylic acids is 1. The smallest absolute Gasteiger partial charge is 0.271 e. The van der Waals surface area contributed by atoms with Gasteiger partial charge in [0.05, 0.1) is 0 Å². The molecule has 0 spiro atoms. The second-order valence-corrected chi connectivity index (χ2v) is 5.85. The van der Waals surface area contributed by atoms with Gasteiger partial charge in [0.2, 0.25) is 0 Å². The number of rotatable bonds is 8. The van der Waals surface area contributed by atoms with Crippen LogP contribution in [0.3, 0.4) is 0 Å². The summed E-state index contributed by atoms with van der Waals surface area (Å²) in [5.41, 5.74) is 0.364. The van der Waals surface area contributed by atoms with E-state index in [9.17, 15) is 4.79 Å². The third-order valence-electron chi connectivity index (χ3n) is 2.93. The fraction of sp³-hybridized carbons (Fsp3) is 0.667. The minimum Gasteiger partial charge on any atom is -0.369 e. The van der Waals surface area contributed by atoms with Crippen molar-refractivity contribution in [3.8, 4) is 0 Å². The molecule has 0 aromatic carbocycles. The van der Waals surface area contributed by atoms with E-state index in [1.165, 1.54) is 0 Å². The molecule has 1 heterocycles. The lowest BCUT2D eigenvalue weighted by atomic mass is 10.1. The highest BCUT2D eigenvalue weighted by Gasteiger charge is 2.07. The maximum atomic E-state index is 11.8. The van der Waals surface area contributed by atoms with Crippen LogP contribution in [0, 0.1) is 11.8 Å². The zero-order chi connectivity index (χ0) is 15.0. The normalized spacial score (nSPS) is 10.9. The Hall–Kier alpha value is -1.65. The molecular weight excluding hydrogens is 252 g/mol. The van der Waals surface area contributed by atoms with Gasteiger partial charge in [-0.15, -0.1) is 10.2 Å². The van der Waals surface area contributed by atoms with E-state index >= 15 is 0 Å². The Morgan fingerprint density at radius 2 is 1.70 bits per heavy atom. The molecule has 2 N–H and O–H groups in total. The quantitative estimate of drug-likeness (QED) is 0.767. The Labute approximate surface area is 121 Å². The molecule has 0 fully saturated rings. The summed E-state index contributed by atoms with van der Waals surface area (Å²) < 4.78 is 0. The molecule has 0 atom stereocenters. The van der Waals surface area contributed by atoms with Crippen LogP contribution in [0.1, 0.15) is 51.0 Å². The number of aromatic nitrogens is 2. The monoisotopic (exact) mass is 278 g/mol. The summed E-state index contributed by atoms with van der Waals surface area (Å²) in [4.78, 5) is 11.8. The van der Waals surface area contributed by atoms with Crippen LogP contribution in [-0.2, 0) is 0 Å². The molecule has 20 heavy (non-hydrogen) atoms. The average Bonchev–Trinajstić information content (AvgIpc) is 2.38. The standard InChI is InChI=1S/C15H26N4O/c1-11(2)7-9-16-14-6-5-13(18-19-14)15(20)17-10-8-12(3)4/h5-6,11-12H,7-10H2,1-4H3,(H,16,19)(H,17,20). The van der Waals surface area contributed by atoms with Crippen molar-refractivity contribution in [2.24, 2.45) is 11.8 Å². The molecule has 0 aliphatic carbocycles. The number of anilines is 1. The van der Waals surface area contributed by atoms with Crippen LogP contribution < -0.4 is 10.6 Å². The average molecular weight is 278 g/mol. The molecule has 0 aliphatic heterocycles. The van der Waals surface area contributed by atoms with Gasteiger partial charge in [-0.1, -0.05) is 27.7 Å². The summed E-state index contributed by atoms with van der Waals surface area (Å²) in [6.45, 7) is 10.2. The van der Waals surface area contributed by atoms with Gasteiger partial charge in [-0.25, -0.2) is 0 Å². The molecule has 0 saturated carbocycles. The summed E-state index contributed by atoms with van der Waals surface area (Å²) in [5, 5.41) is 14.0. The molecule has 0 saturated heterocycles. The van der Waals surface area contributed by atoms with Crippen LogP contribution in [0.25, 0.3) is 0 Å². The van der Waals surface area contributed by atoms with Crippen LogP contribution in [0.2, 0.25) is 0 Å². The lowest BCUT2D eigenvalue weighted by Crippen LogP contribution is -2.26. The van der Waals surface area contributed by atoms with Crippen molar-refractivity contribution in [3.63, 3.8) is 0 Å². The number of hydrogen-bond donors (Lipinski definition) is 2. The van der Waals surface area contributed by atoms with E-state index in [0.29, 0.717) is 29.9 Å². The third-order valence-corrected chi connectivity index (χ3v) is 2.93. The van der Waals surface area contributed by atoms with Crippen LogP contribution >= 0.6 is 0 Å². The molecule has 1 aromatic heterocycles. The zero-order valence-electron chi connectivity index (χ0n) is 12.9. The number of hydrogen-bond acceptors (Lipinski definition) is 4. The topological polar surface area (TPSA) is 66.9 Å². The molecular formula is C15H26N4O. The van der Waals surface area contributed by atoms with Gasteiger partial charge in [0.25, 0.3) is 5.91 Å². The highest BCUT2D eigenvalue weighted by Crippen LogP contribution is 2.05. The Kier molecular flexibility index (Phi) is 6.98. The molecule has 0 bridgehead atoms. The molecule has 1 aromatic rings. The second kappa shape index (κ2) is 8.51. The van der Waals surface area contributed by atoms with Gasteiger partial charge in [-0.2, -0.15) is 0 Å². The van der Waals surface area contributed by atoms with Crippen LogP contribution in [0.5, 0.6) is 0 Å². The van der Waals surface area contributed by atoms with E-state index in [4.69, 9.17) is 0 Å². The molecule has 112 valence electrons. The van der Waals surface area contributed by atoms with E-state index in [1.807, 2.05) is 0 Å². The Balaban J connectivity index is 2.39. The molecule has 0 aliphatic rings. The SMILES string of the molecule is CC(C)CCNC(=O)c1ccc(NCCC(C)C)nn1. The van der Waals surface area contributed by atoms with E-state index in [1.54, 1.807) is 12.1 Å². The minimum absolute atomic E-state index is 0.160. The third kappa shape index (κ3) is 6.50. The minimum atomic E-state index is -0.160. The molecule has 1 rings (SSSR count). The first kappa shape index (κ1) is 16.4. The van der Waals surface area contributed by atoms with Crippen molar-refractivity contribution in [2.45, 2.75) is 40.5 Å². The summed E-state index contributed by atoms with van der Waals surface area (Å²) in [5.74, 6) is 1.78. The number of carbonyl (C=O) groups is 1. The fourth-order valence-corrected chi connectivity index (χ4v) is 1.60. The first-order valence-electron chi connectivity index (χ1n) is 7.35. The second-order valence-electron chi connectivity index (χ2n) is 5.85. The van der Waals surface area contributed by atoms with Gasteiger partial charge >= 0.3 is 0 Å². The van der Waals surface area contributed by atoms with E-state index < -0.39 is 0 Å². The molecule has 1 amide bonds. The van der Waals surface area contributed by atoms with Gasteiger partial charge < -0.3 is 10.6 Å². The maximum absolute atomic E-state index is 11.8.